The lowest BCUT2D eigenvalue weighted by Crippen LogP contribution is -2.30. The molecule has 0 atom stereocenters. The van der Waals surface area contributed by atoms with Crippen molar-refractivity contribution < 1.29 is 46.2 Å². The van der Waals surface area contributed by atoms with E-state index in [0.29, 0.717) is 0 Å². The van der Waals surface area contributed by atoms with E-state index in [0.717, 1.165) is 0 Å². The van der Waals surface area contributed by atoms with Gasteiger partial charge in [-0.1, -0.05) is 0 Å². The fourth-order valence-electron chi connectivity index (χ4n) is 2.77. The molecule has 0 saturated carbocycles. The molecule has 0 aromatic heterocycles. The molecule has 10 heteroatoms. The minimum Gasteiger partial charge on any atom is -0.386 e. The van der Waals surface area contributed by atoms with Crippen molar-refractivity contribution in [2.75, 3.05) is 0 Å². The van der Waals surface area contributed by atoms with Gasteiger partial charge in [0.2, 0.25) is 0 Å². The fraction of sp³-hybridized carbons (Fsp3) is 0. The number of benzene rings is 2. The van der Waals surface area contributed by atoms with Crippen LogP contribution in [-0.4, -0.2) is 23.9 Å². The highest BCUT2D eigenvalue weighted by molar-refractivity contribution is 6.29. The second-order valence-corrected chi connectivity index (χ2v) is 4.86. The summed E-state index contributed by atoms with van der Waals surface area (Å²) in [7, 11) is 0. The molecule has 0 amide bonds. The van der Waals surface area contributed by atoms with Gasteiger partial charge in [0.05, 0.1) is 0 Å². The lowest BCUT2D eigenvalue weighted by Gasteiger charge is -2.23. The zero-order chi connectivity index (χ0) is 17.5. The predicted molar refractivity (Wildman–Crippen MR) is 63.3 cm³/mol. The van der Waals surface area contributed by atoms with E-state index < -0.39 is 80.2 Å². The third kappa shape index (κ3) is 1.40. The molecule has 2 aliphatic rings. The second kappa shape index (κ2) is 4.16. The van der Waals surface area contributed by atoms with Gasteiger partial charge in [0, 0.05) is 10.8 Å². The minimum atomic E-state index is -1.92. The van der Waals surface area contributed by atoms with Gasteiger partial charge < -0.3 is 9.47 Å². The summed E-state index contributed by atoms with van der Waals surface area (Å²) in [6, 6.07) is 0. The zero-order valence-corrected chi connectivity index (χ0v) is 11.0. The zero-order valence-electron chi connectivity index (χ0n) is 11.0. The molecule has 6 nitrogen and oxygen atoms in total. The molecule has 4 rings (SSSR count). The Morgan fingerprint density at radius 1 is 0.458 bits per heavy atom. The Morgan fingerprint density at radius 2 is 0.667 bits per heavy atom. The molecule has 0 spiro atoms. The van der Waals surface area contributed by atoms with Crippen LogP contribution in [0.4, 0.5) is 17.6 Å². The van der Waals surface area contributed by atoms with E-state index in [-0.39, 0.29) is 0 Å². The third-order valence-corrected chi connectivity index (χ3v) is 3.70. The first-order valence-corrected chi connectivity index (χ1v) is 6.14. The van der Waals surface area contributed by atoms with Gasteiger partial charge in [-0.2, -0.15) is 0 Å². The summed E-state index contributed by atoms with van der Waals surface area (Å²) in [5, 5.41) is -1.83. The fourth-order valence-corrected chi connectivity index (χ4v) is 2.77. The number of halogens is 4. The number of hydrogen-bond donors (Lipinski definition) is 0. The molecule has 0 bridgehead atoms. The van der Waals surface area contributed by atoms with Gasteiger partial charge in [-0.05, 0) is 0 Å². The molecular weight excluding hydrogens is 340 g/mol. The molecule has 0 radical (unpaired) electrons. The van der Waals surface area contributed by atoms with E-state index in [2.05, 4.69) is 9.47 Å². The minimum absolute atomic E-state index is 0.913. The number of ether oxygens (including phenoxy) is 2. The molecule has 0 fully saturated rings. The van der Waals surface area contributed by atoms with Crippen molar-refractivity contribution in [3.05, 3.63) is 45.5 Å². The lowest BCUT2D eigenvalue weighted by molar-refractivity contribution is 0.0351. The van der Waals surface area contributed by atoms with Crippen molar-refractivity contribution in [1.29, 1.82) is 0 Å². The normalized spacial score (nSPS) is 15.7. The molecule has 2 heterocycles. The van der Waals surface area contributed by atoms with Crippen molar-refractivity contribution in [3.8, 4) is 0 Å². The van der Waals surface area contributed by atoms with Crippen LogP contribution in [0.2, 0.25) is 0 Å². The van der Waals surface area contributed by atoms with E-state index >= 15 is 0 Å². The smallest absolute Gasteiger partial charge is 0.349 e. The predicted octanol–water partition coefficient (Wildman–Crippen LogP) is 2.02. The molecule has 2 aromatic carbocycles. The van der Waals surface area contributed by atoms with E-state index in [1.165, 1.54) is 0 Å². The van der Waals surface area contributed by atoms with Gasteiger partial charge in [-0.3, -0.25) is 0 Å². The van der Waals surface area contributed by atoms with Crippen LogP contribution >= 0.6 is 0 Å². The number of esters is 4. The van der Waals surface area contributed by atoms with Gasteiger partial charge in [0.1, 0.15) is 22.3 Å². The van der Waals surface area contributed by atoms with Crippen LogP contribution in [-0.2, 0) is 9.47 Å². The highest BCUT2D eigenvalue weighted by Crippen LogP contribution is 2.41. The summed E-state index contributed by atoms with van der Waals surface area (Å²) >= 11 is 0. The van der Waals surface area contributed by atoms with Crippen molar-refractivity contribution in [3.63, 3.8) is 0 Å². The van der Waals surface area contributed by atoms with Crippen LogP contribution in [0.3, 0.4) is 0 Å². The Morgan fingerprint density at radius 3 is 0.875 bits per heavy atom. The van der Waals surface area contributed by atoms with Crippen molar-refractivity contribution in [1.82, 2.24) is 0 Å². The summed E-state index contributed by atoms with van der Waals surface area (Å²) in [5.74, 6) is -14.3. The highest BCUT2D eigenvalue weighted by atomic mass is 19.2. The molecule has 0 saturated heterocycles. The van der Waals surface area contributed by atoms with Crippen LogP contribution in [0.5, 0.6) is 0 Å². The first-order chi connectivity index (χ1) is 11.3. The average Bonchev–Trinajstić information content (AvgIpc) is 2.49. The van der Waals surface area contributed by atoms with Gasteiger partial charge >= 0.3 is 23.9 Å². The molecule has 2 aromatic rings. The molecular formula is C14F4O6. The van der Waals surface area contributed by atoms with Crippen molar-refractivity contribution >= 4 is 34.6 Å². The van der Waals surface area contributed by atoms with Crippen LogP contribution < -0.4 is 0 Å². The number of rotatable bonds is 0. The molecule has 0 unspecified atom stereocenters. The van der Waals surface area contributed by atoms with Gasteiger partial charge in [-0.15, -0.1) is 0 Å². The SMILES string of the molecule is O=C1OC(=O)c2c(F)c(F)c3c4c(c(F)c(F)c1c24)C(=O)OC3=O. The molecule has 0 N–H and O–H groups in total. The summed E-state index contributed by atoms with van der Waals surface area (Å²) in [5.41, 5.74) is -4.88. The maximum atomic E-state index is 14.1. The maximum absolute atomic E-state index is 14.1. The first-order valence-electron chi connectivity index (χ1n) is 6.14. The Labute approximate surface area is 127 Å². The standard InChI is InChI=1S/C14F4O6/c15-7-3-1-2-5(9(7)17)13(21)24-14(22)6(2)10(18)8(16)4(1)12(20)23-11(3)19. The first kappa shape index (κ1) is 14.3. The van der Waals surface area contributed by atoms with E-state index in [1.54, 1.807) is 0 Å². The Kier molecular flexibility index (Phi) is 2.48. The van der Waals surface area contributed by atoms with Crippen molar-refractivity contribution in [2.45, 2.75) is 0 Å². The lowest BCUT2D eigenvalue weighted by atomic mass is 9.87. The van der Waals surface area contributed by atoms with Crippen LogP contribution in [0, 0.1) is 23.3 Å². The highest BCUT2D eigenvalue weighted by Gasteiger charge is 2.44. The Balaban J connectivity index is 2.45. The monoisotopic (exact) mass is 340 g/mol. The van der Waals surface area contributed by atoms with Gasteiger partial charge in [0.15, 0.2) is 23.3 Å². The second-order valence-electron chi connectivity index (χ2n) is 4.86. The molecule has 120 valence electrons. The number of carbonyl (C=O) groups is 4. The number of carbonyl (C=O) groups excluding carboxylic acids is 4. The van der Waals surface area contributed by atoms with E-state index in [4.69, 9.17) is 0 Å². The van der Waals surface area contributed by atoms with Crippen LogP contribution in [0.25, 0.3) is 10.8 Å². The van der Waals surface area contributed by atoms with Crippen LogP contribution in [0.15, 0.2) is 0 Å². The molecule has 24 heavy (non-hydrogen) atoms. The summed E-state index contributed by atoms with van der Waals surface area (Å²) in [6.45, 7) is 0. The van der Waals surface area contributed by atoms with Crippen molar-refractivity contribution in [2.24, 2.45) is 0 Å². The molecule has 0 aliphatic carbocycles. The quantitative estimate of drug-likeness (QED) is 0.414. The number of hydrogen-bond acceptors (Lipinski definition) is 6. The third-order valence-electron chi connectivity index (χ3n) is 3.70. The number of cyclic esters (lactones) is 4. The Hall–Kier alpha value is -3.30. The topological polar surface area (TPSA) is 86.7 Å². The van der Waals surface area contributed by atoms with E-state index in [9.17, 15) is 36.7 Å². The summed E-state index contributed by atoms with van der Waals surface area (Å²) < 4.78 is 64.7. The largest absolute Gasteiger partial charge is 0.386 e. The van der Waals surface area contributed by atoms with E-state index in [1.807, 2.05) is 0 Å². The maximum Gasteiger partial charge on any atom is 0.349 e. The summed E-state index contributed by atoms with van der Waals surface area (Å²) in [4.78, 5) is 46.7. The Bertz CT molecular complexity index is 908. The van der Waals surface area contributed by atoms with Gasteiger partial charge in [0.25, 0.3) is 0 Å². The summed E-state index contributed by atoms with van der Waals surface area (Å²) in [6.07, 6.45) is 0. The van der Waals surface area contributed by atoms with Gasteiger partial charge in [-0.25, -0.2) is 36.7 Å². The average molecular weight is 340 g/mol. The molecule has 2 aliphatic heterocycles. The van der Waals surface area contributed by atoms with Crippen LogP contribution in [0.1, 0.15) is 41.4 Å².